The van der Waals surface area contributed by atoms with Crippen LogP contribution in [0.3, 0.4) is 0 Å². The first kappa shape index (κ1) is 15.0. The van der Waals surface area contributed by atoms with Crippen LogP contribution in [0.1, 0.15) is 29.9 Å². The van der Waals surface area contributed by atoms with E-state index in [1.807, 2.05) is 0 Å². The van der Waals surface area contributed by atoms with Crippen LogP contribution in [0.15, 0.2) is 60.7 Å². The average Bonchev–Trinajstić information content (AvgIpc) is 2.61. The van der Waals surface area contributed by atoms with Crippen molar-refractivity contribution in [1.29, 1.82) is 0 Å². The first-order valence-electron chi connectivity index (χ1n) is 8.14. The molecule has 0 unspecified atom stereocenters. The van der Waals surface area contributed by atoms with Gasteiger partial charge in [0.15, 0.2) is 0 Å². The van der Waals surface area contributed by atoms with Gasteiger partial charge < -0.3 is 9.69 Å². The summed E-state index contributed by atoms with van der Waals surface area (Å²) in [5.74, 6) is 0.578. The molecule has 0 aromatic heterocycles. The Hall–Kier alpha value is -1.93. The highest BCUT2D eigenvalue weighted by molar-refractivity contribution is 5.54. The molecule has 1 heterocycles. The lowest BCUT2D eigenvalue weighted by Crippen LogP contribution is -2.38. The number of hydrogen-bond donors (Lipinski definition) is 0. The Balaban J connectivity index is 1.82. The molecule has 2 aromatic rings. The molecule has 0 aliphatic carbocycles. The number of nitrogens with zero attached hydrogens (tertiary/aromatic N) is 1. The molecule has 1 aliphatic rings. The van der Waals surface area contributed by atoms with Crippen LogP contribution >= 0.6 is 0 Å². The Morgan fingerprint density at radius 1 is 1.00 bits per heavy atom. The minimum Gasteiger partial charge on any atom is -0.303 e. The normalized spacial score (nSPS) is 19.2. The van der Waals surface area contributed by atoms with Gasteiger partial charge in [0.05, 0.1) is 0 Å². The molecule has 2 nitrogen and oxygen atoms in total. The number of hydrogen-bond acceptors (Lipinski definition) is 2. The van der Waals surface area contributed by atoms with E-state index in [-0.39, 0.29) is 5.92 Å². The molecule has 22 heavy (non-hydrogen) atoms. The van der Waals surface area contributed by atoms with Gasteiger partial charge in [0, 0.05) is 24.9 Å². The zero-order chi connectivity index (χ0) is 15.2. The SMILES string of the molecule is O=C[C@H]1CCCN(CC(c2ccccc2)c2ccccc2)C1. The molecule has 1 saturated heterocycles. The Bertz CT molecular complexity index is 542. The predicted molar refractivity (Wildman–Crippen MR) is 90.0 cm³/mol. The summed E-state index contributed by atoms with van der Waals surface area (Å²) in [7, 11) is 0. The van der Waals surface area contributed by atoms with Crippen LogP contribution < -0.4 is 0 Å². The molecule has 0 bridgehead atoms. The van der Waals surface area contributed by atoms with Crippen LogP contribution in [0.5, 0.6) is 0 Å². The van der Waals surface area contributed by atoms with E-state index in [4.69, 9.17) is 0 Å². The second-order valence-corrected chi connectivity index (χ2v) is 6.17. The number of aldehydes is 1. The van der Waals surface area contributed by atoms with E-state index in [1.54, 1.807) is 0 Å². The van der Waals surface area contributed by atoms with Crippen LogP contribution in [0.2, 0.25) is 0 Å². The fraction of sp³-hybridized carbons (Fsp3) is 0.350. The molecule has 2 heteroatoms. The largest absolute Gasteiger partial charge is 0.303 e. The number of benzene rings is 2. The third kappa shape index (κ3) is 3.63. The molecule has 0 saturated carbocycles. The summed E-state index contributed by atoms with van der Waals surface area (Å²) >= 11 is 0. The van der Waals surface area contributed by atoms with E-state index in [2.05, 4.69) is 65.6 Å². The zero-order valence-corrected chi connectivity index (χ0v) is 12.9. The molecule has 1 fully saturated rings. The first-order valence-corrected chi connectivity index (χ1v) is 8.14. The lowest BCUT2D eigenvalue weighted by atomic mass is 9.89. The summed E-state index contributed by atoms with van der Waals surface area (Å²) in [4.78, 5) is 13.6. The molecule has 1 aliphatic heterocycles. The summed E-state index contributed by atoms with van der Waals surface area (Å²) in [6.07, 6.45) is 3.30. The molecular formula is C20H23NO. The van der Waals surface area contributed by atoms with Gasteiger partial charge in [-0.3, -0.25) is 0 Å². The molecule has 0 N–H and O–H groups in total. The highest BCUT2D eigenvalue weighted by atomic mass is 16.1. The first-order chi connectivity index (χ1) is 10.9. The number of carbonyl (C=O) groups is 1. The Labute approximate surface area is 132 Å². The third-order valence-electron chi connectivity index (χ3n) is 4.58. The summed E-state index contributed by atoms with van der Waals surface area (Å²) in [6, 6.07) is 21.4. The maximum atomic E-state index is 11.1. The van der Waals surface area contributed by atoms with Gasteiger partial charge in [-0.1, -0.05) is 60.7 Å². The van der Waals surface area contributed by atoms with Gasteiger partial charge in [-0.25, -0.2) is 0 Å². The summed E-state index contributed by atoms with van der Waals surface area (Å²) in [5.41, 5.74) is 2.70. The molecule has 114 valence electrons. The van der Waals surface area contributed by atoms with Gasteiger partial charge >= 0.3 is 0 Å². The van der Waals surface area contributed by atoms with Crippen LogP contribution in [-0.2, 0) is 4.79 Å². The van der Waals surface area contributed by atoms with Gasteiger partial charge in [0.2, 0.25) is 0 Å². The van der Waals surface area contributed by atoms with Crippen molar-refractivity contribution in [3.05, 3.63) is 71.8 Å². The standard InChI is InChI=1S/C20H23NO/c22-16-17-8-7-13-21(14-17)15-20(18-9-3-1-4-10-18)19-11-5-2-6-12-19/h1-6,9-12,16-17,20H,7-8,13-15H2/t17-/m0/s1. The molecule has 2 aromatic carbocycles. The van der Waals surface area contributed by atoms with Gasteiger partial charge in [-0.15, -0.1) is 0 Å². The number of rotatable bonds is 5. The highest BCUT2D eigenvalue weighted by Crippen LogP contribution is 2.27. The smallest absolute Gasteiger partial charge is 0.124 e. The van der Waals surface area contributed by atoms with Crippen molar-refractivity contribution >= 4 is 6.29 Å². The van der Waals surface area contributed by atoms with Crippen LogP contribution in [0, 0.1) is 5.92 Å². The Kier molecular flexibility index (Phi) is 5.02. The van der Waals surface area contributed by atoms with Crippen molar-refractivity contribution in [3.8, 4) is 0 Å². The van der Waals surface area contributed by atoms with Gasteiger partial charge in [-0.05, 0) is 30.5 Å². The van der Waals surface area contributed by atoms with Gasteiger partial charge in [0.1, 0.15) is 6.29 Å². The van der Waals surface area contributed by atoms with E-state index >= 15 is 0 Å². The quantitative estimate of drug-likeness (QED) is 0.783. The maximum Gasteiger partial charge on any atom is 0.124 e. The molecule has 0 radical (unpaired) electrons. The Morgan fingerprint density at radius 2 is 1.59 bits per heavy atom. The second kappa shape index (κ2) is 7.37. The van der Waals surface area contributed by atoms with E-state index in [0.717, 1.165) is 38.8 Å². The monoisotopic (exact) mass is 293 g/mol. The van der Waals surface area contributed by atoms with Gasteiger partial charge in [-0.2, -0.15) is 0 Å². The molecule has 0 spiro atoms. The minimum atomic E-state index is 0.209. The number of piperidine rings is 1. The molecular weight excluding hydrogens is 270 g/mol. The van der Waals surface area contributed by atoms with Crippen molar-refractivity contribution in [1.82, 2.24) is 4.90 Å². The Morgan fingerprint density at radius 3 is 2.14 bits per heavy atom. The third-order valence-corrected chi connectivity index (χ3v) is 4.58. The minimum absolute atomic E-state index is 0.209. The fourth-order valence-electron chi connectivity index (χ4n) is 3.40. The van der Waals surface area contributed by atoms with Crippen LogP contribution in [0.4, 0.5) is 0 Å². The number of carbonyl (C=O) groups excluding carboxylic acids is 1. The van der Waals surface area contributed by atoms with Gasteiger partial charge in [0.25, 0.3) is 0 Å². The average molecular weight is 293 g/mol. The van der Waals surface area contributed by atoms with Crippen LogP contribution in [-0.4, -0.2) is 30.8 Å². The van der Waals surface area contributed by atoms with Crippen molar-refractivity contribution < 1.29 is 4.79 Å². The summed E-state index contributed by atoms with van der Waals surface area (Å²) in [5, 5.41) is 0. The lowest BCUT2D eigenvalue weighted by molar-refractivity contribution is -0.112. The zero-order valence-electron chi connectivity index (χ0n) is 12.9. The maximum absolute atomic E-state index is 11.1. The van der Waals surface area contributed by atoms with E-state index in [9.17, 15) is 4.79 Å². The predicted octanol–water partition coefficient (Wildman–Crippen LogP) is 3.73. The number of likely N-dealkylation sites (tertiary alicyclic amines) is 1. The molecule has 3 rings (SSSR count). The van der Waals surface area contributed by atoms with E-state index in [0.29, 0.717) is 5.92 Å². The van der Waals surface area contributed by atoms with Crippen molar-refractivity contribution in [2.24, 2.45) is 5.92 Å². The molecule has 1 atom stereocenters. The van der Waals surface area contributed by atoms with Crippen molar-refractivity contribution in [3.63, 3.8) is 0 Å². The summed E-state index contributed by atoms with van der Waals surface area (Å²) < 4.78 is 0. The second-order valence-electron chi connectivity index (χ2n) is 6.17. The van der Waals surface area contributed by atoms with Crippen LogP contribution in [0.25, 0.3) is 0 Å². The lowest BCUT2D eigenvalue weighted by Gasteiger charge is -2.33. The molecule has 0 amide bonds. The van der Waals surface area contributed by atoms with E-state index in [1.165, 1.54) is 11.1 Å². The van der Waals surface area contributed by atoms with E-state index < -0.39 is 0 Å². The fourth-order valence-corrected chi connectivity index (χ4v) is 3.40. The highest BCUT2D eigenvalue weighted by Gasteiger charge is 2.23. The van der Waals surface area contributed by atoms with Crippen molar-refractivity contribution in [2.75, 3.05) is 19.6 Å². The topological polar surface area (TPSA) is 20.3 Å². The van der Waals surface area contributed by atoms with Crippen molar-refractivity contribution in [2.45, 2.75) is 18.8 Å². The summed E-state index contributed by atoms with van der Waals surface area (Å²) in [6.45, 7) is 2.98.